The van der Waals surface area contributed by atoms with Crippen LogP contribution in [0, 0.1) is 0 Å². The second kappa shape index (κ2) is 28.5. The van der Waals surface area contributed by atoms with Crippen LogP contribution in [0.25, 0.3) is 0 Å². The highest BCUT2D eigenvalue weighted by Gasteiger charge is 2.55. The molecule has 80 heavy (non-hydrogen) atoms. The Kier molecular flexibility index (Phi) is 24.5. The molecule has 0 bridgehead atoms. The number of esters is 2. The molecular formula is C52H90N6O22. The minimum atomic E-state index is -2.07. The van der Waals surface area contributed by atoms with E-state index in [-0.39, 0.29) is 32.4 Å². The number of ether oxygens (including phenoxy) is 11. The molecule has 28 nitrogen and oxygen atoms in total. The average molecular weight is 1150 g/mol. The zero-order valence-electron chi connectivity index (χ0n) is 49.6. The van der Waals surface area contributed by atoms with Crippen LogP contribution in [-0.4, -0.2) is 209 Å². The molecule has 8 N–H and O–H groups in total. The van der Waals surface area contributed by atoms with Gasteiger partial charge in [0, 0.05) is 40.4 Å². The van der Waals surface area contributed by atoms with E-state index in [0.29, 0.717) is 0 Å². The summed E-state index contributed by atoms with van der Waals surface area (Å²) in [5.74, 6) is -2.87. The fourth-order valence-corrected chi connectivity index (χ4v) is 8.50. The zero-order chi connectivity index (χ0) is 61.0. The number of alkyl carbamates (subject to hydrolysis) is 4. The van der Waals surface area contributed by atoms with Gasteiger partial charge in [0.2, 0.25) is 0 Å². The molecule has 2 aliphatic heterocycles. The van der Waals surface area contributed by atoms with Crippen molar-refractivity contribution in [2.45, 2.75) is 257 Å². The number of carbonyl (C=O) groups excluding carboxylic acids is 8. The first-order valence-electron chi connectivity index (χ1n) is 26.7. The van der Waals surface area contributed by atoms with Crippen molar-refractivity contribution in [3.63, 3.8) is 0 Å². The molecule has 6 amide bonds. The van der Waals surface area contributed by atoms with E-state index in [2.05, 4.69) is 26.6 Å². The Hall–Kier alpha value is -5.52. The van der Waals surface area contributed by atoms with Gasteiger partial charge in [0.1, 0.15) is 64.6 Å². The fourth-order valence-electron chi connectivity index (χ4n) is 8.50. The van der Waals surface area contributed by atoms with E-state index < -0.39 is 175 Å². The van der Waals surface area contributed by atoms with Crippen LogP contribution in [0.5, 0.6) is 0 Å². The van der Waals surface area contributed by atoms with Gasteiger partial charge in [-0.1, -0.05) is 0 Å². The van der Waals surface area contributed by atoms with Crippen molar-refractivity contribution in [2.24, 2.45) is 0 Å². The minimum absolute atomic E-state index is 0.0513. The molecule has 3 fully saturated rings. The number of aliphatic hydroxyl groups is 3. The molecule has 3 aliphatic rings. The Morgan fingerprint density at radius 1 is 0.575 bits per heavy atom. The lowest BCUT2D eigenvalue weighted by Crippen LogP contribution is -2.71. The van der Waals surface area contributed by atoms with Crippen molar-refractivity contribution in [2.75, 3.05) is 26.7 Å². The van der Waals surface area contributed by atoms with Crippen molar-refractivity contribution in [1.82, 2.24) is 31.5 Å². The summed E-state index contributed by atoms with van der Waals surface area (Å²) in [4.78, 5) is 107. The molecule has 0 aromatic rings. The molecule has 2 saturated heterocycles. The van der Waals surface area contributed by atoms with Crippen LogP contribution in [-0.2, 0) is 66.5 Å². The van der Waals surface area contributed by atoms with Gasteiger partial charge in [-0.15, -0.1) is 0 Å². The van der Waals surface area contributed by atoms with E-state index in [9.17, 15) is 53.7 Å². The third-order valence-corrected chi connectivity index (χ3v) is 11.4. The summed E-state index contributed by atoms with van der Waals surface area (Å²) >= 11 is 0. The van der Waals surface area contributed by atoms with E-state index in [4.69, 9.17) is 52.1 Å². The average Bonchev–Trinajstić information content (AvgIpc) is 3.25. The Labute approximate surface area is 468 Å². The van der Waals surface area contributed by atoms with Crippen LogP contribution in [0.2, 0.25) is 0 Å². The Bertz CT molecular complexity index is 2120. The largest absolute Gasteiger partial charge is 0.455 e. The lowest BCUT2D eigenvalue weighted by atomic mass is 9.83. The first-order chi connectivity index (χ1) is 36.5. The lowest BCUT2D eigenvalue weighted by molar-refractivity contribution is -0.318. The predicted molar refractivity (Wildman–Crippen MR) is 280 cm³/mol. The maximum Gasteiger partial charge on any atom is 0.410 e. The van der Waals surface area contributed by atoms with Gasteiger partial charge in [-0.25, -0.2) is 24.0 Å². The van der Waals surface area contributed by atoms with Crippen molar-refractivity contribution < 1.29 is 106 Å². The zero-order valence-corrected chi connectivity index (χ0v) is 49.6. The molecule has 1 saturated carbocycles. The van der Waals surface area contributed by atoms with Gasteiger partial charge < -0.3 is 98.9 Å². The molecule has 14 atom stereocenters. The molecule has 1 aliphatic carbocycles. The van der Waals surface area contributed by atoms with Crippen molar-refractivity contribution in [3.05, 3.63) is 0 Å². The van der Waals surface area contributed by atoms with Gasteiger partial charge in [-0.3, -0.25) is 14.4 Å². The van der Waals surface area contributed by atoms with E-state index in [0.717, 1.165) is 13.8 Å². The second-order valence-corrected chi connectivity index (χ2v) is 24.9. The highest BCUT2D eigenvalue weighted by molar-refractivity contribution is 5.84. The monoisotopic (exact) mass is 1150 g/mol. The van der Waals surface area contributed by atoms with Gasteiger partial charge in [0.25, 0.3) is 5.91 Å². The number of aliphatic hydroxyl groups excluding tert-OH is 3. The first kappa shape index (κ1) is 68.8. The van der Waals surface area contributed by atoms with Crippen LogP contribution in [0.15, 0.2) is 0 Å². The smallest absolute Gasteiger partial charge is 0.410 e. The molecule has 2 heterocycles. The molecule has 3 rings (SSSR count). The first-order valence-corrected chi connectivity index (χ1v) is 26.7. The molecule has 0 radical (unpaired) electrons. The minimum Gasteiger partial charge on any atom is -0.455 e. The van der Waals surface area contributed by atoms with E-state index in [1.807, 2.05) is 0 Å². The number of carbonyl (C=O) groups is 8. The number of nitrogens with one attached hydrogen (secondary N) is 5. The summed E-state index contributed by atoms with van der Waals surface area (Å²) in [6.07, 6.45) is -21.5. The predicted octanol–water partition coefficient (Wildman–Crippen LogP) is 2.91. The highest BCUT2D eigenvalue weighted by atomic mass is 16.7. The van der Waals surface area contributed by atoms with E-state index in [1.54, 1.807) is 104 Å². The van der Waals surface area contributed by atoms with Crippen molar-refractivity contribution in [3.8, 4) is 0 Å². The van der Waals surface area contributed by atoms with Gasteiger partial charge in [0.15, 0.2) is 24.8 Å². The van der Waals surface area contributed by atoms with Crippen LogP contribution in [0.3, 0.4) is 0 Å². The van der Waals surface area contributed by atoms with Gasteiger partial charge >= 0.3 is 42.4 Å². The van der Waals surface area contributed by atoms with Crippen LogP contribution in [0.1, 0.15) is 143 Å². The lowest BCUT2D eigenvalue weighted by Gasteiger charge is -2.50. The molecule has 0 aromatic heterocycles. The van der Waals surface area contributed by atoms with E-state index in [1.165, 1.54) is 11.9 Å². The van der Waals surface area contributed by atoms with Gasteiger partial charge in [-0.2, -0.15) is 0 Å². The number of hydrogen-bond donors (Lipinski definition) is 8. The van der Waals surface area contributed by atoms with Crippen LogP contribution in [0.4, 0.5) is 24.0 Å². The van der Waals surface area contributed by atoms with Crippen LogP contribution >= 0.6 is 0 Å². The molecule has 0 aromatic carbocycles. The summed E-state index contributed by atoms with van der Waals surface area (Å²) < 4.78 is 64.3. The fraction of sp³-hybridized carbons (Fsp3) is 0.846. The number of hydrogen-bond acceptors (Lipinski definition) is 22. The molecule has 28 heteroatoms. The standard InChI is InChI=1S/C52H90N6O22/c1-26(60)70-32(21-22-53-43(65)76-48(3,4)5)40(64)54-30-23-31(56-45(67)78-50(9,10)11)38(74-41-29(55-44(66)77-49(6,7)8)20-19-28(72-41)24-58(18)47(69)80-52(15,16)17)36(63)37(30)75-42-39(71-27(2)61)34(35(62)33(25-59)73-42)57-46(68)79-51(12,13)14/h28-39,41-42,59,62-63H,19-25H2,1-18H3,(H,53,65)(H,54,64)(H,55,66)(H,56,67)(H,57,68)/t28?,29?,30-,31+,32+,33?,34+,35-,36?,37+,38?,39?,41-,42-/m1/s1. The van der Waals surface area contributed by atoms with Crippen molar-refractivity contribution in [1.29, 1.82) is 0 Å². The second-order valence-electron chi connectivity index (χ2n) is 24.9. The number of nitrogens with zero attached hydrogens (tertiary/aromatic N) is 1. The summed E-state index contributed by atoms with van der Waals surface area (Å²) in [5, 5.41) is 48.1. The quantitative estimate of drug-likeness (QED) is 0.0766. The third kappa shape index (κ3) is 23.9. The number of rotatable bonds is 17. The van der Waals surface area contributed by atoms with Crippen molar-refractivity contribution >= 4 is 48.3 Å². The molecular weight excluding hydrogens is 1060 g/mol. The SMILES string of the molecule is CC(=O)OC1[C@@H](O[C@@H]2C(O)C(O[C@H]3OC(CN(C)C(=O)OC(C)(C)C)CCC3NC(=O)OC(C)(C)C)[C@@H](NC(=O)OC(C)(C)C)C[C@H]2NC(=O)[C@H](CCNC(=O)OC(C)(C)C)OC(C)=O)OC(CO)[C@@H](O)[C@@H]1NC(=O)OC(C)(C)C. The Morgan fingerprint density at radius 2 is 1.05 bits per heavy atom. The molecule has 460 valence electrons. The number of likely N-dealkylation sites (N-methyl/N-ethyl adjacent to an activating group) is 1. The molecule has 6 unspecified atom stereocenters. The number of amides is 6. The maximum atomic E-state index is 14.5. The summed E-state index contributed by atoms with van der Waals surface area (Å²) in [7, 11) is 1.49. The third-order valence-electron chi connectivity index (χ3n) is 11.4. The van der Waals surface area contributed by atoms with Gasteiger partial charge in [-0.05, 0) is 123 Å². The van der Waals surface area contributed by atoms with Crippen LogP contribution < -0.4 is 26.6 Å². The Balaban J connectivity index is 2.28. The normalized spacial score (nSPS) is 27.8. The topological polar surface area (TPSA) is 362 Å². The molecule has 0 spiro atoms. The Morgan fingerprint density at radius 3 is 1.54 bits per heavy atom. The summed E-state index contributed by atoms with van der Waals surface area (Å²) in [6.45, 7) is 25.3. The maximum absolute atomic E-state index is 14.5. The highest BCUT2D eigenvalue weighted by Crippen LogP contribution is 2.35. The van der Waals surface area contributed by atoms with E-state index >= 15 is 0 Å². The summed E-state index contributed by atoms with van der Waals surface area (Å²) in [5.41, 5.74) is -4.82. The summed E-state index contributed by atoms with van der Waals surface area (Å²) in [6, 6.07) is -5.58. The van der Waals surface area contributed by atoms with Gasteiger partial charge in [0.05, 0.1) is 30.8 Å².